The zero-order chi connectivity index (χ0) is 20.0. The Morgan fingerprint density at radius 3 is 2.21 bits per heavy atom. The van der Waals surface area contributed by atoms with Gasteiger partial charge in [0.25, 0.3) is 11.8 Å². The number of rotatable bonds is 4. The van der Waals surface area contributed by atoms with E-state index >= 15 is 0 Å². The number of ketones is 1. The summed E-state index contributed by atoms with van der Waals surface area (Å²) in [4.78, 5) is 51.4. The van der Waals surface area contributed by atoms with Crippen LogP contribution in [0, 0.1) is 5.92 Å². The molecule has 2 aromatic carbocycles. The first-order chi connectivity index (χ1) is 13.4. The summed E-state index contributed by atoms with van der Waals surface area (Å²) >= 11 is 0. The van der Waals surface area contributed by atoms with Gasteiger partial charge < -0.3 is 5.32 Å². The van der Waals surface area contributed by atoms with E-state index in [4.69, 9.17) is 0 Å². The Hall–Kier alpha value is -3.28. The van der Waals surface area contributed by atoms with Gasteiger partial charge in [0.1, 0.15) is 6.04 Å². The number of hydrogen-bond acceptors (Lipinski definition) is 4. The number of fused-ring (bicyclic) bond motifs is 1. The summed E-state index contributed by atoms with van der Waals surface area (Å²) in [5.41, 5.74) is 2.02. The van der Waals surface area contributed by atoms with Crippen molar-refractivity contribution in [1.82, 2.24) is 10.2 Å². The molecule has 0 aliphatic carbocycles. The molecule has 2 aliphatic rings. The molecule has 0 aromatic heterocycles. The number of Topliss-reactive ketones (excluding diaryl/α,β-unsaturated/α-hetero) is 1. The number of carbonyl (C=O) groups excluding carboxylic acids is 4. The van der Waals surface area contributed by atoms with E-state index < -0.39 is 17.9 Å². The van der Waals surface area contributed by atoms with E-state index in [1.165, 1.54) is 6.92 Å². The molecule has 2 aliphatic heterocycles. The third kappa shape index (κ3) is 2.64. The van der Waals surface area contributed by atoms with Crippen LogP contribution in [0.1, 0.15) is 62.9 Å². The van der Waals surface area contributed by atoms with Crippen molar-refractivity contribution in [3.63, 3.8) is 0 Å². The number of imide groups is 1. The van der Waals surface area contributed by atoms with Crippen molar-refractivity contribution in [3.05, 3.63) is 70.8 Å². The van der Waals surface area contributed by atoms with E-state index in [2.05, 4.69) is 5.32 Å². The third-order valence-corrected chi connectivity index (χ3v) is 5.63. The van der Waals surface area contributed by atoms with Crippen LogP contribution in [-0.2, 0) is 4.79 Å². The number of carbonyl (C=O) groups is 4. The van der Waals surface area contributed by atoms with Gasteiger partial charge in [-0.15, -0.1) is 0 Å². The Morgan fingerprint density at radius 2 is 1.64 bits per heavy atom. The smallest absolute Gasteiger partial charge is 0.262 e. The largest absolute Gasteiger partial charge is 0.347 e. The quantitative estimate of drug-likeness (QED) is 0.657. The molecule has 1 fully saturated rings. The van der Waals surface area contributed by atoms with Gasteiger partial charge in [-0.1, -0.05) is 37.3 Å². The molecule has 142 valence electrons. The van der Waals surface area contributed by atoms with Crippen molar-refractivity contribution < 1.29 is 19.2 Å². The number of nitrogens with one attached hydrogen (secondary N) is 1. The number of hydrogen-bond donors (Lipinski definition) is 1. The topological polar surface area (TPSA) is 83.6 Å². The number of amides is 3. The van der Waals surface area contributed by atoms with Crippen LogP contribution in [0.5, 0.6) is 0 Å². The van der Waals surface area contributed by atoms with E-state index in [-0.39, 0.29) is 23.7 Å². The van der Waals surface area contributed by atoms with E-state index in [9.17, 15) is 19.2 Å². The van der Waals surface area contributed by atoms with Crippen molar-refractivity contribution in [2.24, 2.45) is 5.92 Å². The summed E-state index contributed by atoms with van der Waals surface area (Å²) in [7, 11) is 0. The van der Waals surface area contributed by atoms with Crippen LogP contribution in [-0.4, -0.2) is 34.4 Å². The van der Waals surface area contributed by atoms with Gasteiger partial charge >= 0.3 is 0 Å². The molecule has 0 radical (unpaired) electrons. The van der Waals surface area contributed by atoms with Crippen LogP contribution in [0.15, 0.2) is 48.5 Å². The van der Waals surface area contributed by atoms with Gasteiger partial charge in [0.05, 0.1) is 17.2 Å². The Bertz CT molecular complexity index is 978. The first-order valence-corrected chi connectivity index (χ1v) is 9.32. The van der Waals surface area contributed by atoms with Crippen LogP contribution in [0.2, 0.25) is 0 Å². The lowest BCUT2D eigenvalue weighted by molar-refractivity contribution is -0.123. The summed E-state index contributed by atoms with van der Waals surface area (Å²) < 4.78 is 0. The van der Waals surface area contributed by atoms with Gasteiger partial charge in [0.15, 0.2) is 5.78 Å². The van der Waals surface area contributed by atoms with Crippen molar-refractivity contribution >= 4 is 23.5 Å². The second-order valence-electron chi connectivity index (χ2n) is 7.21. The SMILES string of the molecule is CC[C@@H]1[C@@H](c2cccc(C(C)=O)c2)NC(=O)[C@H]1N1C(=O)c2ccccc2C1=O. The maximum absolute atomic E-state index is 12.9. The normalized spacial score (nSPS) is 23.7. The van der Waals surface area contributed by atoms with Crippen LogP contribution in [0.4, 0.5) is 0 Å². The fourth-order valence-corrected chi connectivity index (χ4v) is 4.23. The van der Waals surface area contributed by atoms with Gasteiger partial charge in [0, 0.05) is 11.5 Å². The molecule has 2 aromatic rings. The first kappa shape index (κ1) is 18.1. The van der Waals surface area contributed by atoms with E-state index in [0.29, 0.717) is 23.1 Å². The molecule has 6 heteroatoms. The summed E-state index contributed by atoms with van der Waals surface area (Å²) in [5.74, 6) is -1.55. The van der Waals surface area contributed by atoms with Gasteiger partial charge in [0.2, 0.25) is 5.91 Å². The summed E-state index contributed by atoms with van der Waals surface area (Å²) in [5, 5.41) is 2.94. The monoisotopic (exact) mass is 376 g/mol. The predicted octanol–water partition coefficient (Wildman–Crippen LogP) is 2.75. The zero-order valence-corrected chi connectivity index (χ0v) is 15.6. The zero-order valence-electron chi connectivity index (χ0n) is 15.6. The first-order valence-electron chi connectivity index (χ1n) is 9.32. The maximum Gasteiger partial charge on any atom is 0.262 e. The van der Waals surface area contributed by atoms with Crippen LogP contribution >= 0.6 is 0 Å². The van der Waals surface area contributed by atoms with E-state index in [1.54, 1.807) is 42.5 Å². The minimum Gasteiger partial charge on any atom is -0.347 e. The molecule has 0 bridgehead atoms. The molecule has 0 spiro atoms. The average Bonchev–Trinajstić information content (AvgIpc) is 3.16. The van der Waals surface area contributed by atoms with Crippen molar-refractivity contribution in [2.75, 3.05) is 0 Å². The Kier molecular flexibility index (Phi) is 4.34. The molecule has 4 rings (SSSR count). The van der Waals surface area contributed by atoms with Crippen molar-refractivity contribution in [1.29, 1.82) is 0 Å². The van der Waals surface area contributed by atoms with Crippen molar-refractivity contribution in [2.45, 2.75) is 32.4 Å². The highest BCUT2D eigenvalue weighted by atomic mass is 16.2. The number of benzene rings is 2. The fourth-order valence-electron chi connectivity index (χ4n) is 4.23. The van der Waals surface area contributed by atoms with Gasteiger partial charge in [-0.05, 0) is 37.1 Å². The second-order valence-corrected chi connectivity index (χ2v) is 7.21. The molecule has 0 saturated carbocycles. The van der Waals surface area contributed by atoms with Gasteiger partial charge in [-0.3, -0.25) is 24.1 Å². The highest BCUT2D eigenvalue weighted by Gasteiger charge is 2.51. The minimum atomic E-state index is -0.872. The maximum atomic E-state index is 12.9. The van der Waals surface area contributed by atoms with E-state index in [1.807, 2.05) is 13.0 Å². The Morgan fingerprint density at radius 1 is 1.00 bits per heavy atom. The minimum absolute atomic E-state index is 0.0591. The summed E-state index contributed by atoms with van der Waals surface area (Å²) in [6, 6.07) is 12.5. The standard InChI is InChI=1S/C22H20N2O4/c1-3-15-18(14-8-6-7-13(11-14)12(2)25)23-20(26)19(15)24-21(27)16-9-4-5-10-17(16)22(24)28/h4-11,15,18-19H,3H2,1-2H3,(H,23,26)/t15-,18-,19+/m1/s1. The molecular weight excluding hydrogens is 356 g/mol. The third-order valence-electron chi connectivity index (χ3n) is 5.63. The molecule has 0 unspecified atom stereocenters. The summed E-state index contributed by atoms with van der Waals surface area (Å²) in [6.45, 7) is 3.42. The molecule has 1 saturated heterocycles. The van der Waals surface area contributed by atoms with Crippen LogP contribution in [0.25, 0.3) is 0 Å². The molecular formula is C22H20N2O4. The Labute approximate surface area is 162 Å². The highest BCUT2D eigenvalue weighted by molar-refractivity contribution is 6.23. The Balaban J connectivity index is 1.71. The molecule has 3 atom stereocenters. The molecule has 28 heavy (non-hydrogen) atoms. The molecule has 6 nitrogen and oxygen atoms in total. The lowest BCUT2D eigenvalue weighted by Gasteiger charge is -2.27. The lowest BCUT2D eigenvalue weighted by atomic mass is 9.87. The second kappa shape index (κ2) is 6.71. The van der Waals surface area contributed by atoms with Crippen LogP contribution in [0.3, 0.4) is 0 Å². The summed E-state index contributed by atoms with van der Waals surface area (Å²) in [6.07, 6.45) is 0.589. The fraction of sp³-hybridized carbons (Fsp3) is 0.273. The van der Waals surface area contributed by atoms with Crippen molar-refractivity contribution in [3.8, 4) is 0 Å². The van der Waals surface area contributed by atoms with Crippen LogP contribution < -0.4 is 5.32 Å². The average molecular weight is 376 g/mol. The molecule has 3 amide bonds. The predicted molar refractivity (Wildman–Crippen MR) is 102 cm³/mol. The van der Waals surface area contributed by atoms with Gasteiger partial charge in [-0.2, -0.15) is 0 Å². The highest BCUT2D eigenvalue weighted by Crippen LogP contribution is 2.38. The van der Waals surface area contributed by atoms with E-state index in [0.717, 1.165) is 10.5 Å². The molecule has 2 heterocycles. The molecule has 1 N–H and O–H groups in total. The van der Waals surface area contributed by atoms with Gasteiger partial charge in [-0.25, -0.2) is 0 Å². The lowest BCUT2D eigenvalue weighted by Crippen LogP contribution is -2.47. The number of nitrogens with zero attached hydrogens (tertiary/aromatic N) is 1.